The number of rotatable bonds is 9. The van der Waals surface area contributed by atoms with Crippen LogP contribution in [0.4, 0.5) is 0 Å². The first-order valence-corrected chi connectivity index (χ1v) is 11.3. The van der Waals surface area contributed by atoms with Gasteiger partial charge >= 0.3 is 0 Å². The van der Waals surface area contributed by atoms with Crippen LogP contribution < -0.4 is 19.5 Å². The molecule has 0 aromatic heterocycles. The molecule has 0 aliphatic carbocycles. The van der Waals surface area contributed by atoms with Crippen molar-refractivity contribution < 1.29 is 19.0 Å². The number of carbonyl (C=O) groups excluding carboxylic acids is 1. The van der Waals surface area contributed by atoms with E-state index in [4.69, 9.17) is 14.2 Å². The van der Waals surface area contributed by atoms with Gasteiger partial charge < -0.3 is 19.5 Å². The van der Waals surface area contributed by atoms with Crippen molar-refractivity contribution in [3.8, 4) is 17.2 Å². The fraction of sp³-hybridized carbons (Fsp3) is 0.381. The maximum atomic E-state index is 11.9. The molecule has 1 aliphatic heterocycles. The van der Waals surface area contributed by atoms with Gasteiger partial charge in [0.15, 0.2) is 6.61 Å². The highest BCUT2D eigenvalue weighted by atomic mass is 32.2. The molecule has 1 N–H and O–H groups in total. The summed E-state index contributed by atoms with van der Waals surface area (Å²) in [6.07, 6.45) is 1.28. The Labute approximate surface area is 174 Å². The van der Waals surface area contributed by atoms with Gasteiger partial charge in [-0.3, -0.25) is 4.79 Å². The molecule has 1 heterocycles. The lowest BCUT2D eigenvalue weighted by Gasteiger charge is -2.21. The van der Waals surface area contributed by atoms with Crippen LogP contribution in [0.25, 0.3) is 0 Å². The van der Waals surface area contributed by atoms with Gasteiger partial charge in [-0.2, -0.15) is 0 Å². The lowest BCUT2D eigenvalue weighted by atomic mass is 10.2. The molecule has 1 amide bonds. The third-order valence-corrected chi connectivity index (χ3v) is 7.10. The van der Waals surface area contributed by atoms with E-state index in [1.54, 1.807) is 13.2 Å². The summed E-state index contributed by atoms with van der Waals surface area (Å²) >= 11 is 3.98. The summed E-state index contributed by atoms with van der Waals surface area (Å²) in [6, 6.07) is 15.4. The molecule has 7 heteroatoms. The van der Waals surface area contributed by atoms with Crippen LogP contribution in [0.2, 0.25) is 0 Å². The number of thioether (sulfide) groups is 2. The minimum atomic E-state index is -0.170. The number of benzene rings is 2. The number of nitrogens with one attached hydrogen (secondary N) is 1. The molecule has 1 aliphatic rings. The molecule has 150 valence electrons. The highest BCUT2D eigenvalue weighted by molar-refractivity contribution is 8.16. The van der Waals surface area contributed by atoms with Gasteiger partial charge in [0.25, 0.3) is 5.91 Å². The summed E-state index contributed by atoms with van der Waals surface area (Å²) in [5, 5.41) is 2.79. The second-order valence-corrected chi connectivity index (χ2v) is 8.89. The first-order valence-electron chi connectivity index (χ1n) is 9.24. The van der Waals surface area contributed by atoms with Gasteiger partial charge in [-0.15, -0.1) is 23.5 Å². The van der Waals surface area contributed by atoms with Crippen molar-refractivity contribution in [3.63, 3.8) is 0 Å². The Morgan fingerprint density at radius 2 is 1.79 bits per heavy atom. The standard InChI is InChI=1S/C21H25NO4S2/c1-24-18-4-2-5-19(14-18)25-11-10-22-20(23)15-26-17-8-6-16(7-9-17)21-27-12-3-13-28-21/h2,4-9,14,21H,3,10-13,15H2,1H3,(H,22,23). The molecule has 28 heavy (non-hydrogen) atoms. The van der Waals surface area contributed by atoms with Crippen LogP contribution in [0.3, 0.4) is 0 Å². The predicted molar refractivity (Wildman–Crippen MR) is 116 cm³/mol. The minimum Gasteiger partial charge on any atom is -0.497 e. The molecule has 0 atom stereocenters. The molecule has 1 saturated heterocycles. The molecule has 0 saturated carbocycles. The number of ether oxygens (including phenoxy) is 3. The lowest BCUT2D eigenvalue weighted by molar-refractivity contribution is -0.123. The van der Waals surface area contributed by atoms with Crippen molar-refractivity contribution >= 4 is 29.4 Å². The second-order valence-electron chi connectivity index (χ2n) is 6.16. The number of carbonyl (C=O) groups is 1. The lowest BCUT2D eigenvalue weighted by Crippen LogP contribution is -2.32. The summed E-state index contributed by atoms with van der Waals surface area (Å²) in [5.74, 6) is 4.42. The normalized spacial score (nSPS) is 14.3. The highest BCUT2D eigenvalue weighted by Gasteiger charge is 2.16. The van der Waals surface area contributed by atoms with Crippen LogP contribution >= 0.6 is 23.5 Å². The van der Waals surface area contributed by atoms with Crippen LogP contribution in [-0.4, -0.2) is 44.3 Å². The number of methoxy groups -OCH3 is 1. The summed E-state index contributed by atoms with van der Waals surface area (Å²) in [4.78, 5) is 11.9. The molecule has 0 bridgehead atoms. The van der Waals surface area contributed by atoms with E-state index in [2.05, 4.69) is 17.4 Å². The second kappa shape index (κ2) is 11.1. The minimum absolute atomic E-state index is 0.00850. The van der Waals surface area contributed by atoms with Gasteiger partial charge in [0, 0.05) is 6.07 Å². The van der Waals surface area contributed by atoms with Gasteiger partial charge in [-0.25, -0.2) is 0 Å². The van der Waals surface area contributed by atoms with Gasteiger partial charge in [0.1, 0.15) is 23.9 Å². The molecule has 2 aromatic carbocycles. The van der Waals surface area contributed by atoms with E-state index in [1.807, 2.05) is 53.9 Å². The van der Waals surface area contributed by atoms with E-state index in [0.29, 0.717) is 29.2 Å². The molecular weight excluding hydrogens is 394 g/mol. The zero-order valence-corrected chi connectivity index (χ0v) is 17.5. The molecule has 2 aromatic rings. The van der Waals surface area contributed by atoms with Crippen LogP contribution in [0.5, 0.6) is 17.2 Å². The third-order valence-electron chi connectivity index (χ3n) is 4.08. The molecule has 1 fully saturated rings. The van der Waals surface area contributed by atoms with Crippen molar-refractivity contribution in [2.24, 2.45) is 0 Å². The Morgan fingerprint density at radius 3 is 2.54 bits per heavy atom. The van der Waals surface area contributed by atoms with E-state index in [9.17, 15) is 4.79 Å². The first kappa shape index (κ1) is 20.7. The molecule has 0 unspecified atom stereocenters. The number of hydrogen-bond donors (Lipinski definition) is 1. The Morgan fingerprint density at radius 1 is 1.04 bits per heavy atom. The monoisotopic (exact) mass is 419 g/mol. The van der Waals surface area contributed by atoms with Gasteiger partial charge in [-0.05, 0) is 47.8 Å². The van der Waals surface area contributed by atoms with Crippen LogP contribution in [-0.2, 0) is 4.79 Å². The van der Waals surface area contributed by atoms with Gasteiger partial charge in [0.05, 0.1) is 18.2 Å². The Bertz CT molecular complexity index is 748. The Balaban J connectivity index is 1.33. The average Bonchev–Trinajstić information content (AvgIpc) is 2.76. The van der Waals surface area contributed by atoms with Crippen molar-refractivity contribution in [3.05, 3.63) is 54.1 Å². The van der Waals surface area contributed by atoms with E-state index in [0.717, 1.165) is 5.75 Å². The molecule has 0 spiro atoms. The van der Waals surface area contributed by atoms with E-state index >= 15 is 0 Å². The highest BCUT2D eigenvalue weighted by Crippen LogP contribution is 2.43. The van der Waals surface area contributed by atoms with E-state index in [-0.39, 0.29) is 12.5 Å². The SMILES string of the molecule is COc1cccc(OCCNC(=O)COc2ccc(C3SCCCS3)cc2)c1. The first-order chi connectivity index (χ1) is 13.7. The van der Waals surface area contributed by atoms with Crippen LogP contribution in [0.1, 0.15) is 16.6 Å². The zero-order valence-electron chi connectivity index (χ0n) is 15.9. The quantitative estimate of drug-likeness (QED) is 0.617. The van der Waals surface area contributed by atoms with Crippen LogP contribution in [0.15, 0.2) is 48.5 Å². The summed E-state index contributed by atoms with van der Waals surface area (Å²) in [5.41, 5.74) is 1.31. The molecule has 0 radical (unpaired) electrons. The number of amides is 1. The van der Waals surface area contributed by atoms with Gasteiger partial charge in [-0.1, -0.05) is 18.2 Å². The maximum Gasteiger partial charge on any atom is 0.258 e. The molecular formula is C21H25NO4S2. The summed E-state index contributed by atoms with van der Waals surface area (Å²) < 4.78 is 16.8. The zero-order chi connectivity index (χ0) is 19.6. The molecule has 3 rings (SSSR count). The van der Waals surface area contributed by atoms with Crippen LogP contribution in [0, 0.1) is 0 Å². The van der Waals surface area contributed by atoms with Crippen molar-refractivity contribution in [1.29, 1.82) is 0 Å². The topological polar surface area (TPSA) is 56.8 Å². The predicted octanol–water partition coefficient (Wildman–Crippen LogP) is 4.14. The largest absolute Gasteiger partial charge is 0.497 e. The fourth-order valence-electron chi connectivity index (χ4n) is 2.65. The van der Waals surface area contributed by atoms with Crippen molar-refractivity contribution in [2.75, 3.05) is 38.4 Å². The molecule has 5 nitrogen and oxygen atoms in total. The Hall–Kier alpha value is -1.99. The van der Waals surface area contributed by atoms with Gasteiger partial charge in [0.2, 0.25) is 0 Å². The third kappa shape index (κ3) is 6.56. The summed E-state index contributed by atoms with van der Waals surface area (Å²) in [7, 11) is 1.61. The summed E-state index contributed by atoms with van der Waals surface area (Å²) in [6.45, 7) is 0.782. The number of hydrogen-bond acceptors (Lipinski definition) is 6. The van der Waals surface area contributed by atoms with Crippen molar-refractivity contribution in [1.82, 2.24) is 5.32 Å². The average molecular weight is 420 g/mol. The van der Waals surface area contributed by atoms with E-state index < -0.39 is 0 Å². The van der Waals surface area contributed by atoms with Crippen molar-refractivity contribution in [2.45, 2.75) is 11.0 Å². The Kier molecular flexibility index (Phi) is 8.23. The fourth-order valence-corrected chi connectivity index (χ4v) is 5.55. The smallest absolute Gasteiger partial charge is 0.258 e. The maximum absolute atomic E-state index is 11.9. The van der Waals surface area contributed by atoms with E-state index in [1.165, 1.54) is 23.5 Å².